The summed E-state index contributed by atoms with van der Waals surface area (Å²) in [4.78, 5) is 37.7. The number of aliphatic carboxylic acids is 1. The van der Waals surface area contributed by atoms with E-state index in [-0.39, 0.29) is 31.6 Å². The second-order valence-electron chi connectivity index (χ2n) is 12.6. The van der Waals surface area contributed by atoms with E-state index in [2.05, 4.69) is 10.6 Å². The van der Waals surface area contributed by atoms with E-state index in [0.29, 0.717) is 46.6 Å². The van der Waals surface area contributed by atoms with E-state index in [1.807, 2.05) is 48.5 Å². The summed E-state index contributed by atoms with van der Waals surface area (Å²) in [6, 6.07) is 26.4. The number of carbonyl (C=O) groups excluding carboxylic acids is 2. The highest BCUT2D eigenvalue weighted by Crippen LogP contribution is 2.33. The van der Waals surface area contributed by atoms with Crippen LogP contribution in [0.25, 0.3) is 11.1 Å². The first-order valence-electron chi connectivity index (χ1n) is 15.8. The van der Waals surface area contributed by atoms with Crippen molar-refractivity contribution in [3.05, 3.63) is 119 Å². The van der Waals surface area contributed by atoms with Crippen molar-refractivity contribution < 1.29 is 38.8 Å². The minimum atomic E-state index is -0.969. The summed E-state index contributed by atoms with van der Waals surface area (Å²) in [5.74, 6) is -0.0609. The minimum Gasteiger partial charge on any atom is -0.493 e. The Morgan fingerprint density at radius 2 is 1.71 bits per heavy atom. The van der Waals surface area contributed by atoms with Crippen molar-refractivity contribution in [1.82, 2.24) is 10.6 Å². The number of aliphatic hydroxyl groups is 1. The lowest BCUT2D eigenvalue weighted by Crippen LogP contribution is -2.36. The number of carbonyl (C=O) groups is 3. The van der Waals surface area contributed by atoms with Gasteiger partial charge in [-0.05, 0) is 79.4 Å². The summed E-state index contributed by atoms with van der Waals surface area (Å²) in [5.41, 5.74) is 3.95. The number of benzene rings is 4. The third kappa shape index (κ3) is 8.92. The van der Waals surface area contributed by atoms with Gasteiger partial charge in [0, 0.05) is 23.1 Å². The fourth-order valence-electron chi connectivity index (χ4n) is 5.54. The van der Waals surface area contributed by atoms with Crippen LogP contribution in [0.5, 0.6) is 11.5 Å². The highest BCUT2D eigenvalue weighted by molar-refractivity contribution is 5.96. The monoisotopic (exact) mass is 652 g/mol. The zero-order chi connectivity index (χ0) is 34.3. The molecule has 0 saturated carbocycles. The molecule has 4 N–H and O–H groups in total. The summed E-state index contributed by atoms with van der Waals surface area (Å²) in [5, 5.41) is 25.4. The van der Waals surface area contributed by atoms with Crippen molar-refractivity contribution >= 4 is 18.0 Å². The van der Waals surface area contributed by atoms with Gasteiger partial charge in [0.25, 0.3) is 5.91 Å². The summed E-state index contributed by atoms with van der Waals surface area (Å²) in [7, 11) is 0. The quantitative estimate of drug-likeness (QED) is 0.146. The van der Waals surface area contributed by atoms with Crippen LogP contribution in [0.4, 0.5) is 4.79 Å². The first-order valence-corrected chi connectivity index (χ1v) is 15.8. The number of carboxylic acid groups (broad SMARTS) is 1. The number of carboxylic acids is 1. The first-order chi connectivity index (χ1) is 23.0. The van der Waals surface area contributed by atoms with Gasteiger partial charge in [-0.3, -0.25) is 9.59 Å². The van der Waals surface area contributed by atoms with Gasteiger partial charge in [0.05, 0.1) is 31.7 Å². The zero-order valence-electron chi connectivity index (χ0n) is 27.2. The molecule has 250 valence electrons. The molecule has 2 unspecified atom stereocenters. The Labute approximate surface area is 279 Å². The van der Waals surface area contributed by atoms with Gasteiger partial charge in [0.1, 0.15) is 23.7 Å². The Morgan fingerprint density at radius 3 is 2.48 bits per heavy atom. The van der Waals surface area contributed by atoms with Gasteiger partial charge in [-0.1, -0.05) is 54.6 Å². The van der Waals surface area contributed by atoms with E-state index in [9.17, 15) is 24.6 Å². The predicted molar refractivity (Wildman–Crippen MR) is 180 cm³/mol. The van der Waals surface area contributed by atoms with E-state index < -0.39 is 23.7 Å². The predicted octanol–water partition coefficient (Wildman–Crippen LogP) is 6.37. The molecule has 0 spiro atoms. The molecule has 4 aromatic carbocycles. The summed E-state index contributed by atoms with van der Waals surface area (Å²) < 4.78 is 17.3. The largest absolute Gasteiger partial charge is 0.493 e. The highest BCUT2D eigenvalue weighted by Gasteiger charge is 2.24. The van der Waals surface area contributed by atoms with Gasteiger partial charge >= 0.3 is 12.1 Å². The van der Waals surface area contributed by atoms with Crippen LogP contribution in [-0.2, 0) is 22.6 Å². The Kier molecular flexibility index (Phi) is 10.7. The molecule has 4 aromatic rings. The van der Waals surface area contributed by atoms with Crippen molar-refractivity contribution in [3.63, 3.8) is 0 Å². The fraction of sp³-hybridized carbons (Fsp3) is 0.289. The maximum absolute atomic E-state index is 13.8. The second-order valence-corrected chi connectivity index (χ2v) is 12.6. The number of alkyl carbamates (subject to hydrolysis) is 1. The molecule has 10 heteroatoms. The Balaban J connectivity index is 1.46. The Morgan fingerprint density at radius 1 is 0.938 bits per heavy atom. The van der Waals surface area contributed by atoms with Crippen LogP contribution < -0.4 is 20.1 Å². The van der Waals surface area contributed by atoms with Crippen molar-refractivity contribution in [2.45, 2.75) is 57.9 Å². The van der Waals surface area contributed by atoms with Crippen molar-refractivity contribution in [1.29, 1.82) is 0 Å². The normalized spacial score (nSPS) is 14.5. The fourth-order valence-corrected chi connectivity index (χ4v) is 5.54. The van der Waals surface area contributed by atoms with Crippen LogP contribution >= 0.6 is 0 Å². The number of ether oxygens (including phenoxy) is 3. The molecular formula is C38H40N2O8. The van der Waals surface area contributed by atoms with Crippen molar-refractivity contribution in [2.75, 3.05) is 13.2 Å². The van der Waals surface area contributed by atoms with Crippen LogP contribution in [0.1, 0.15) is 71.9 Å². The van der Waals surface area contributed by atoms with Crippen LogP contribution in [0.15, 0.2) is 91.0 Å². The molecule has 0 aliphatic carbocycles. The number of nitrogens with one attached hydrogen (secondary N) is 2. The number of amides is 2. The highest BCUT2D eigenvalue weighted by atomic mass is 16.6. The lowest BCUT2D eigenvalue weighted by atomic mass is 9.95. The summed E-state index contributed by atoms with van der Waals surface area (Å²) in [6.45, 7) is 5.48. The van der Waals surface area contributed by atoms with E-state index in [4.69, 9.17) is 14.2 Å². The number of rotatable bonds is 11. The van der Waals surface area contributed by atoms with Crippen LogP contribution in [0, 0.1) is 0 Å². The molecule has 0 fully saturated rings. The molecule has 2 atom stereocenters. The topological polar surface area (TPSA) is 143 Å². The van der Waals surface area contributed by atoms with E-state index in [0.717, 1.165) is 16.9 Å². The molecule has 5 rings (SSSR count). The molecule has 2 amide bonds. The number of hydrogen-bond donors (Lipinski definition) is 4. The molecule has 1 aliphatic heterocycles. The minimum absolute atomic E-state index is 0.0734. The van der Waals surface area contributed by atoms with Gasteiger partial charge in [-0.2, -0.15) is 0 Å². The number of hydrogen-bond acceptors (Lipinski definition) is 7. The maximum Gasteiger partial charge on any atom is 0.408 e. The third-order valence-corrected chi connectivity index (χ3v) is 7.72. The average molecular weight is 653 g/mol. The van der Waals surface area contributed by atoms with E-state index in [1.165, 1.54) is 0 Å². The smallest absolute Gasteiger partial charge is 0.408 e. The number of para-hydroxylation sites is 2. The lowest BCUT2D eigenvalue weighted by molar-refractivity contribution is -0.136. The van der Waals surface area contributed by atoms with Crippen molar-refractivity contribution in [3.8, 4) is 22.6 Å². The standard InChI is InChI=1S/C38H40N2O8/c1-38(2,3)48-37(45)40-32(22-41)26-11-8-10-25(19-26)28-17-24(23-47-33-13-6-4-9-27(33)21-35(42)43)18-29(20-28)36(44)39-31-15-16-46-34-14-7-5-12-30(31)34/h4-14,17-20,31-32,41H,15-16,21-23H2,1-3H3,(H,39,44)(H,40,45)(H,42,43). The zero-order valence-corrected chi connectivity index (χ0v) is 27.2. The summed E-state index contributed by atoms with van der Waals surface area (Å²) in [6.07, 6.45) is -0.219. The molecule has 1 aliphatic rings. The van der Waals surface area contributed by atoms with Gasteiger partial charge in [0.2, 0.25) is 0 Å². The average Bonchev–Trinajstić information content (AvgIpc) is 3.06. The second kappa shape index (κ2) is 15.0. The lowest BCUT2D eigenvalue weighted by Gasteiger charge is -2.26. The van der Waals surface area contributed by atoms with Crippen molar-refractivity contribution in [2.24, 2.45) is 0 Å². The number of aliphatic hydroxyl groups excluding tert-OH is 1. The molecular weight excluding hydrogens is 612 g/mol. The molecule has 0 aromatic heterocycles. The van der Waals surface area contributed by atoms with Gasteiger partial charge in [0.15, 0.2) is 0 Å². The molecule has 48 heavy (non-hydrogen) atoms. The van der Waals surface area contributed by atoms with Crippen LogP contribution in [0.2, 0.25) is 0 Å². The van der Waals surface area contributed by atoms with Crippen LogP contribution in [0.3, 0.4) is 0 Å². The Bertz CT molecular complexity index is 1780. The molecule has 0 radical (unpaired) electrons. The Hall–Kier alpha value is -5.35. The van der Waals surface area contributed by atoms with Crippen LogP contribution in [-0.4, -0.2) is 47.0 Å². The first kappa shape index (κ1) is 34.0. The number of fused-ring (bicyclic) bond motifs is 1. The summed E-state index contributed by atoms with van der Waals surface area (Å²) >= 11 is 0. The van der Waals surface area contributed by atoms with E-state index >= 15 is 0 Å². The molecule has 0 bridgehead atoms. The van der Waals surface area contributed by atoms with Gasteiger partial charge in [-0.25, -0.2) is 4.79 Å². The van der Waals surface area contributed by atoms with E-state index in [1.54, 1.807) is 63.2 Å². The SMILES string of the molecule is CC(C)(C)OC(=O)NC(CO)c1cccc(-c2cc(COc3ccccc3CC(=O)O)cc(C(=O)NC3CCOc4ccccc43)c2)c1. The third-order valence-electron chi connectivity index (χ3n) is 7.72. The van der Waals surface area contributed by atoms with Gasteiger partial charge < -0.3 is 35.1 Å². The molecule has 0 saturated heterocycles. The van der Waals surface area contributed by atoms with Gasteiger partial charge in [-0.15, -0.1) is 0 Å². The molecule has 10 nitrogen and oxygen atoms in total. The molecule has 1 heterocycles. The maximum atomic E-state index is 13.8.